The van der Waals surface area contributed by atoms with E-state index >= 15 is 0 Å². The molecule has 6 nitrogen and oxygen atoms in total. The zero-order chi connectivity index (χ0) is 16.0. The van der Waals surface area contributed by atoms with E-state index < -0.39 is 10.0 Å². The van der Waals surface area contributed by atoms with Gasteiger partial charge in [0.15, 0.2) is 5.82 Å². The van der Waals surface area contributed by atoms with Gasteiger partial charge in [0.25, 0.3) is 0 Å². The zero-order valence-electron chi connectivity index (χ0n) is 13.3. The van der Waals surface area contributed by atoms with Gasteiger partial charge in [-0.2, -0.15) is 0 Å². The second-order valence-corrected chi connectivity index (χ2v) is 7.67. The number of ether oxygens (including phenoxy) is 1. The first-order chi connectivity index (χ1) is 10.5. The van der Waals surface area contributed by atoms with Crippen molar-refractivity contribution in [2.45, 2.75) is 52.1 Å². The minimum Gasteiger partial charge on any atom is -0.360 e. The fourth-order valence-electron chi connectivity index (χ4n) is 2.47. The lowest BCUT2D eigenvalue weighted by Crippen LogP contribution is -2.21. The second kappa shape index (κ2) is 7.78. The van der Waals surface area contributed by atoms with Crippen molar-refractivity contribution in [2.75, 3.05) is 22.5 Å². The third-order valence-corrected chi connectivity index (χ3v) is 5.05. The van der Waals surface area contributed by atoms with Crippen LogP contribution in [0.15, 0.2) is 12.3 Å². The highest BCUT2D eigenvalue weighted by molar-refractivity contribution is 7.92. The molecule has 1 aliphatic carbocycles. The molecule has 22 heavy (non-hydrogen) atoms. The Morgan fingerprint density at radius 3 is 2.73 bits per heavy atom. The molecule has 1 fully saturated rings. The van der Waals surface area contributed by atoms with E-state index in [4.69, 9.17) is 4.74 Å². The number of aryl methyl sites for hydroxylation is 1. The molecular formula is C15H25N3O3S. The fraction of sp³-hybridized carbons (Fsp3) is 0.667. The van der Waals surface area contributed by atoms with Crippen molar-refractivity contribution in [3.8, 4) is 0 Å². The first-order valence-corrected chi connectivity index (χ1v) is 9.48. The molecule has 1 heterocycles. The van der Waals surface area contributed by atoms with E-state index in [1.54, 1.807) is 13.1 Å². The lowest BCUT2D eigenvalue weighted by molar-refractivity contribution is 0.0400. The Balaban J connectivity index is 1.97. The normalized spacial score (nSPS) is 16.5. The van der Waals surface area contributed by atoms with Crippen molar-refractivity contribution >= 4 is 21.5 Å². The number of nitrogens with zero attached hydrogens (tertiary/aromatic N) is 1. The van der Waals surface area contributed by atoms with E-state index in [2.05, 4.69) is 15.0 Å². The Morgan fingerprint density at radius 1 is 1.32 bits per heavy atom. The van der Waals surface area contributed by atoms with E-state index in [-0.39, 0.29) is 5.75 Å². The largest absolute Gasteiger partial charge is 0.360 e. The van der Waals surface area contributed by atoms with E-state index in [0.29, 0.717) is 24.3 Å². The van der Waals surface area contributed by atoms with Gasteiger partial charge in [-0.15, -0.1) is 0 Å². The molecule has 1 saturated carbocycles. The average molecular weight is 327 g/mol. The number of hydrogen-bond acceptors (Lipinski definition) is 5. The third-order valence-electron chi connectivity index (χ3n) is 3.79. The Hall–Kier alpha value is -1.34. The van der Waals surface area contributed by atoms with Gasteiger partial charge >= 0.3 is 0 Å². The van der Waals surface area contributed by atoms with Crippen molar-refractivity contribution < 1.29 is 13.2 Å². The summed E-state index contributed by atoms with van der Waals surface area (Å²) in [7, 11) is -3.35. The number of rotatable bonds is 7. The highest BCUT2D eigenvalue weighted by atomic mass is 32.2. The molecule has 1 aromatic heterocycles. The van der Waals surface area contributed by atoms with Crippen LogP contribution < -0.4 is 10.0 Å². The van der Waals surface area contributed by atoms with Crippen LogP contribution in [-0.4, -0.2) is 32.0 Å². The quantitative estimate of drug-likeness (QED) is 0.753. The number of hydrogen-bond donors (Lipinski definition) is 2. The van der Waals surface area contributed by atoms with Crippen molar-refractivity contribution in [3.63, 3.8) is 0 Å². The molecule has 2 N–H and O–H groups in total. The summed E-state index contributed by atoms with van der Waals surface area (Å²) in [5, 5.41) is 3.14. The van der Waals surface area contributed by atoms with Crippen LogP contribution in [0.25, 0.3) is 0 Å². The van der Waals surface area contributed by atoms with Gasteiger partial charge in [-0.3, -0.25) is 4.72 Å². The lowest BCUT2D eigenvalue weighted by Gasteiger charge is -2.22. The van der Waals surface area contributed by atoms with Gasteiger partial charge in [0.05, 0.1) is 17.5 Å². The summed E-state index contributed by atoms with van der Waals surface area (Å²) in [4.78, 5) is 4.17. The van der Waals surface area contributed by atoms with Crippen molar-refractivity contribution in [3.05, 3.63) is 17.8 Å². The predicted molar refractivity (Wildman–Crippen MR) is 88.5 cm³/mol. The molecule has 0 bridgehead atoms. The summed E-state index contributed by atoms with van der Waals surface area (Å²) in [6.07, 6.45) is 7.87. The molecule has 2 rings (SSSR count). The number of pyridine rings is 1. The van der Waals surface area contributed by atoms with Gasteiger partial charge in [-0.25, -0.2) is 13.4 Å². The summed E-state index contributed by atoms with van der Waals surface area (Å²) < 4.78 is 31.8. The summed E-state index contributed by atoms with van der Waals surface area (Å²) >= 11 is 0. The van der Waals surface area contributed by atoms with Crippen LogP contribution in [0.4, 0.5) is 11.5 Å². The third kappa shape index (κ3) is 5.14. The molecule has 0 saturated heterocycles. The highest BCUT2D eigenvalue weighted by Crippen LogP contribution is 2.23. The van der Waals surface area contributed by atoms with E-state index in [1.165, 1.54) is 19.3 Å². The zero-order valence-corrected chi connectivity index (χ0v) is 14.1. The van der Waals surface area contributed by atoms with Crippen LogP contribution >= 0.6 is 0 Å². The fourth-order valence-corrected chi connectivity index (χ4v) is 3.08. The van der Waals surface area contributed by atoms with Gasteiger partial charge in [0.1, 0.15) is 6.73 Å². The second-order valence-electron chi connectivity index (χ2n) is 5.66. The van der Waals surface area contributed by atoms with Gasteiger partial charge < -0.3 is 10.1 Å². The van der Waals surface area contributed by atoms with Crippen LogP contribution in [0.5, 0.6) is 0 Å². The molecule has 0 amide bonds. The SMILES string of the molecule is CCS(=O)(=O)Nc1ncc(C)cc1NCOC1CCCCC1. The lowest BCUT2D eigenvalue weighted by atomic mass is 9.98. The molecule has 124 valence electrons. The molecular weight excluding hydrogens is 302 g/mol. The topological polar surface area (TPSA) is 80.3 Å². The van der Waals surface area contributed by atoms with E-state index in [9.17, 15) is 8.42 Å². The maximum atomic E-state index is 11.7. The highest BCUT2D eigenvalue weighted by Gasteiger charge is 2.15. The van der Waals surface area contributed by atoms with Crippen LogP contribution in [0, 0.1) is 6.92 Å². The summed E-state index contributed by atoms with van der Waals surface area (Å²) in [5.41, 5.74) is 1.60. The van der Waals surface area contributed by atoms with E-state index in [1.807, 2.05) is 13.0 Å². The first-order valence-electron chi connectivity index (χ1n) is 7.83. The first kappa shape index (κ1) is 17.0. The number of aromatic nitrogens is 1. The number of nitrogens with one attached hydrogen (secondary N) is 2. The molecule has 0 spiro atoms. The predicted octanol–water partition coefficient (Wildman–Crippen LogP) is 2.87. The Kier molecular flexibility index (Phi) is 6.02. The van der Waals surface area contributed by atoms with Gasteiger partial charge in [0, 0.05) is 6.20 Å². The molecule has 0 atom stereocenters. The van der Waals surface area contributed by atoms with Crippen molar-refractivity contribution in [1.82, 2.24) is 4.98 Å². The smallest absolute Gasteiger partial charge is 0.233 e. The Bertz CT molecular complexity index is 584. The minimum absolute atomic E-state index is 0.0145. The minimum atomic E-state index is -3.35. The number of sulfonamides is 1. The van der Waals surface area contributed by atoms with Crippen LogP contribution in [0.3, 0.4) is 0 Å². The van der Waals surface area contributed by atoms with Gasteiger partial charge in [-0.1, -0.05) is 19.3 Å². The van der Waals surface area contributed by atoms with Crippen LogP contribution in [0.1, 0.15) is 44.6 Å². The summed E-state index contributed by atoms with van der Waals surface area (Å²) in [6, 6.07) is 1.87. The maximum absolute atomic E-state index is 11.7. The van der Waals surface area contributed by atoms with Gasteiger partial charge in [0.2, 0.25) is 10.0 Å². The summed E-state index contributed by atoms with van der Waals surface area (Å²) in [6.45, 7) is 3.87. The van der Waals surface area contributed by atoms with Gasteiger partial charge in [-0.05, 0) is 38.3 Å². The van der Waals surface area contributed by atoms with Crippen LogP contribution in [0.2, 0.25) is 0 Å². The standard InChI is InChI=1S/C15H25N3O3S/c1-3-22(19,20)18-15-14(9-12(2)10-16-15)17-11-21-13-7-5-4-6-8-13/h9-10,13,17H,3-8,11H2,1-2H3,(H,16,18). The van der Waals surface area contributed by atoms with Crippen molar-refractivity contribution in [1.29, 1.82) is 0 Å². The average Bonchev–Trinajstić information content (AvgIpc) is 2.51. The van der Waals surface area contributed by atoms with E-state index in [0.717, 1.165) is 18.4 Å². The Morgan fingerprint density at radius 2 is 2.05 bits per heavy atom. The molecule has 0 aromatic carbocycles. The molecule has 1 aromatic rings. The van der Waals surface area contributed by atoms with Crippen molar-refractivity contribution in [2.24, 2.45) is 0 Å². The molecule has 0 radical (unpaired) electrons. The monoisotopic (exact) mass is 327 g/mol. The molecule has 7 heteroatoms. The Labute approximate surface area is 132 Å². The molecule has 0 unspecified atom stereocenters. The van der Waals surface area contributed by atoms with Crippen LogP contribution in [-0.2, 0) is 14.8 Å². The maximum Gasteiger partial charge on any atom is 0.233 e. The summed E-state index contributed by atoms with van der Waals surface area (Å²) in [5.74, 6) is 0.334. The number of anilines is 2. The molecule has 0 aliphatic heterocycles. The molecule has 1 aliphatic rings.